The molecule has 0 saturated carbocycles. The van der Waals surface area contributed by atoms with Gasteiger partial charge in [0.15, 0.2) is 5.16 Å². The third kappa shape index (κ3) is 5.12. The SMILES string of the molecule is COc1ccc(-c2cnc(SCC(=O)Nc3cccc(Cl)c3)n2-c2ccc(F)cc2)cc1. The van der Waals surface area contributed by atoms with Crippen molar-refractivity contribution in [2.45, 2.75) is 5.16 Å². The van der Waals surface area contributed by atoms with Gasteiger partial charge in [-0.25, -0.2) is 9.37 Å². The number of hydrogen-bond acceptors (Lipinski definition) is 4. The fourth-order valence-electron chi connectivity index (χ4n) is 3.14. The first kappa shape index (κ1) is 21.9. The molecule has 4 rings (SSSR count). The normalized spacial score (nSPS) is 10.7. The number of amides is 1. The Balaban J connectivity index is 1.60. The first-order valence-corrected chi connectivity index (χ1v) is 11.1. The number of halogens is 2. The van der Waals surface area contributed by atoms with E-state index in [0.29, 0.717) is 15.9 Å². The van der Waals surface area contributed by atoms with E-state index in [9.17, 15) is 9.18 Å². The largest absolute Gasteiger partial charge is 0.497 e. The van der Waals surface area contributed by atoms with Gasteiger partial charge in [-0.15, -0.1) is 0 Å². The Morgan fingerprint density at radius 2 is 1.88 bits per heavy atom. The van der Waals surface area contributed by atoms with Crippen LogP contribution in [0.3, 0.4) is 0 Å². The molecule has 162 valence electrons. The first-order chi connectivity index (χ1) is 15.5. The number of thioether (sulfide) groups is 1. The maximum atomic E-state index is 13.5. The highest BCUT2D eigenvalue weighted by Gasteiger charge is 2.16. The Bertz CT molecular complexity index is 1230. The van der Waals surface area contributed by atoms with Crippen molar-refractivity contribution in [3.05, 3.63) is 89.8 Å². The maximum absolute atomic E-state index is 13.5. The van der Waals surface area contributed by atoms with Crippen molar-refractivity contribution in [3.63, 3.8) is 0 Å². The summed E-state index contributed by atoms with van der Waals surface area (Å²) in [7, 11) is 1.61. The highest BCUT2D eigenvalue weighted by atomic mass is 35.5. The summed E-state index contributed by atoms with van der Waals surface area (Å²) < 4.78 is 20.7. The Hall–Kier alpha value is -3.29. The van der Waals surface area contributed by atoms with Crippen LogP contribution in [0, 0.1) is 5.82 Å². The van der Waals surface area contributed by atoms with E-state index in [1.807, 2.05) is 28.8 Å². The van der Waals surface area contributed by atoms with Crippen LogP contribution in [0.1, 0.15) is 0 Å². The van der Waals surface area contributed by atoms with Gasteiger partial charge < -0.3 is 10.1 Å². The lowest BCUT2D eigenvalue weighted by Crippen LogP contribution is -2.14. The van der Waals surface area contributed by atoms with Gasteiger partial charge in [-0.2, -0.15) is 0 Å². The smallest absolute Gasteiger partial charge is 0.234 e. The number of anilines is 1. The molecule has 1 heterocycles. The standard InChI is InChI=1S/C24H19ClFN3O2S/c1-31-21-11-5-16(6-12-21)22-14-27-24(29(22)20-9-7-18(26)8-10-20)32-15-23(30)28-19-4-2-3-17(25)13-19/h2-14H,15H2,1H3,(H,28,30). The van der Waals surface area contributed by atoms with E-state index >= 15 is 0 Å². The van der Waals surface area contributed by atoms with Crippen LogP contribution in [0.4, 0.5) is 10.1 Å². The lowest BCUT2D eigenvalue weighted by Gasteiger charge is -2.13. The highest BCUT2D eigenvalue weighted by Crippen LogP contribution is 2.31. The molecule has 0 radical (unpaired) electrons. The van der Waals surface area contributed by atoms with Crippen LogP contribution in [0.25, 0.3) is 16.9 Å². The Morgan fingerprint density at radius 3 is 2.56 bits per heavy atom. The van der Waals surface area contributed by atoms with E-state index < -0.39 is 0 Å². The molecular formula is C24H19ClFN3O2S. The molecule has 0 aliphatic heterocycles. The quantitative estimate of drug-likeness (QED) is 0.335. The van der Waals surface area contributed by atoms with Gasteiger partial charge in [0.05, 0.1) is 24.8 Å². The summed E-state index contributed by atoms with van der Waals surface area (Å²) in [6, 6.07) is 20.7. The average Bonchev–Trinajstić information content (AvgIpc) is 3.22. The molecule has 0 unspecified atom stereocenters. The van der Waals surface area contributed by atoms with E-state index in [1.165, 1.54) is 23.9 Å². The molecule has 0 aliphatic carbocycles. The maximum Gasteiger partial charge on any atom is 0.234 e. The molecule has 8 heteroatoms. The molecule has 1 aromatic heterocycles. The molecule has 0 atom stereocenters. The molecule has 0 saturated heterocycles. The molecule has 1 N–H and O–H groups in total. The Kier molecular flexibility index (Phi) is 6.78. The molecule has 1 amide bonds. The number of aromatic nitrogens is 2. The summed E-state index contributed by atoms with van der Waals surface area (Å²) in [5, 5.41) is 3.99. The number of nitrogens with one attached hydrogen (secondary N) is 1. The van der Waals surface area contributed by atoms with Crippen molar-refractivity contribution >= 4 is 35.0 Å². The van der Waals surface area contributed by atoms with Crippen molar-refractivity contribution in [1.82, 2.24) is 9.55 Å². The number of methoxy groups -OCH3 is 1. The zero-order valence-corrected chi connectivity index (χ0v) is 18.7. The van der Waals surface area contributed by atoms with Gasteiger partial charge >= 0.3 is 0 Å². The van der Waals surface area contributed by atoms with Gasteiger partial charge in [-0.3, -0.25) is 9.36 Å². The summed E-state index contributed by atoms with van der Waals surface area (Å²) in [4.78, 5) is 17.0. The van der Waals surface area contributed by atoms with Crippen LogP contribution in [0.15, 0.2) is 84.1 Å². The summed E-state index contributed by atoms with van der Waals surface area (Å²) in [6.07, 6.45) is 1.74. The molecule has 3 aromatic carbocycles. The topological polar surface area (TPSA) is 56.1 Å². The number of benzene rings is 3. The molecule has 4 aromatic rings. The minimum absolute atomic E-state index is 0.146. The fraction of sp³-hybridized carbons (Fsp3) is 0.0833. The van der Waals surface area contributed by atoms with Gasteiger partial charge in [0.2, 0.25) is 5.91 Å². The molecule has 0 fully saturated rings. The van der Waals surface area contributed by atoms with Crippen LogP contribution in [-0.4, -0.2) is 28.3 Å². The van der Waals surface area contributed by atoms with Crippen molar-refractivity contribution in [1.29, 1.82) is 0 Å². The summed E-state index contributed by atoms with van der Waals surface area (Å²) >= 11 is 7.27. The summed E-state index contributed by atoms with van der Waals surface area (Å²) in [6.45, 7) is 0. The van der Waals surface area contributed by atoms with Gasteiger partial charge in [0.1, 0.15) is 11.6 Å². The van der Waals surface area contributed by atoms with Crippen molar-refractivity contribution in [2.75, 3.05) is 18.2 Å². The lowest BCUT2D eigenvalue weighted by molar-refractivity contribution is -0.113. The van der Waals surface area contributed by atoms with E-state index in [2.05, 4.69) is 10.3 Å². The van der Waals surface area contributed by atoms with Gasteiger partial charge in [-0.1, -0.05) is 29.4 Å². The van der Waals surface area contributed by atoms with E-state index in [1.54, 1.807) is 49.7 Å². The minimum atomic E-state index is -0.324. The molecule has 0 spiro atoms. The predicted octanol–water partition coefficient (Wildman–Crippen LogP) is 6.07. The molecule has 0 aliphatic rings. The second-order valence-corrected chi connectivity index (χ2v) is 8.19. The molecule has 32 heavy (non-hydrogen) atoms. The first-order valence-electron chi connectivity index (χ1n) is 9.70. The van der Waals surface area contributed by atoms with Crippen LogP contribution >= 0.6 is 23.4 Å². The van der Waals surface area contributed by atoms with Gasteiger partial charge in [-0.05, 0) is 66.7 Å². The second kappa shape index (κ2) is 9.89. The summed E-state index contributed by atoms with van der Waals surface area (Å²) in [5.41, 5.74) is 3.10. The molecule has 0 bridgehead atoms. The Morgan fingerprint density at radius 1 is 1.12 bits per heavy atom. The number of imidazole rings is 1. The van der Waals surface area contributed by atoms with Crippen molar-refractivity contribution in [2.24, 2.45) is 0 Å². The zero-order valence-electron chi connectivity index (χ0n) is 17.1. The van der Waals surface area contributed by atoms with Crippen LogP contribution in [-0.2, 0) is 4.79 Å². The third-order valence-electron chi connectivity index (χ3n) is 4.64. The minimum Gasteiger partial charge on any atom is -0.497 e. The predicted molar refractivity (Wildman–Crippen MR) is 126 cm³/mol. The number of nitrogens with zero attached hydrogens (tertiary/aromatic N) is 2. The van der Waals surface area contributed by atoms with Crippen molar-refractivity contribution in [3.8, 4) is 22.7 Å². The van der Waals surface area contributed by atoms with Crippen LogP contribution < -0.4 is 10.1 Å². The molecular weight excluding hydrogens is 449 g/mol. The zero-order chi connectivity index (χ0) is 22.5. The molecule has 5 nitrogen and oxygen atoms in total. The lowest BCUT2D eigenvalue weighted by atomic mass is 10.1. The fourth-order valence-corrected chi connectivity index (χ4v) is 4.12. The number of rotatable bonds is 7. The average molecular weight is 468 g/mol. The van der Waals surface area contributed by atoms with E-state index in [4.69, 9.17) is 16.3 Å². The van der Waals surface area contributed by atoms with Crippen molar-refractivity contribution < 1.29 is 13.9 Å². The number of hydrogen-bond donors (Lipinski definition) is 1. The Labute approximate surface area is 194 Å². The number of carbonyl (C=O) groups is 1. The number of ether oxygens (including phenoxy) is 1. The second-order valence-electron chi connectivity index (χ2n) is 6.81. The van der Waals surface area contributed by atoms with Crippen LogP contribution in [0.2, 0.25) is 5.02 Å². The number of carbonyl (C=O) groups excluding carboxylic acids is 1. The van der Waals surface area contributed by atoms with Gasteiger partial charge in [0, 0.05) is 22.0 Å². The highest BCUT2D eigenvalue weighted by molar-refractivity contribution is 7.99. The van der Waals surface area contributed by atoms with Crippen LogP contribution in [0.5, 0.6) is 5.75 Å². The summed E-state index contributed by atoms with van der Waals surface area (Å²) in [5.74, 6) is 0.382. The monoisotopic (exact) mass is 467 g/mol. The third-order valence-corrected chi connectivity index (χ3v) is 5.83. The van der Waals surface area contributed by atoms with E-state index in [-0.39, 0.29) is 17.5 Å². The van der Waals surface area contributed by atoms with Gasteiger partial charge in [0.25, 0.3) is 0 Å². The van der Waals surface area contributed by atoms with E-state index in [0.717, 1.165) is 22.7 Å².